The van der Waals surface area contributed by atoms with Gasteiger partial charge in [0.25, 0.3) is 5.69 Å². The number of hydrogen-bond donors (Lipinski definition) is 1. The highest BCUT2D eigenvalue weighted by molar-refractivity contribution is 5.59. The van der Waals surface area contributed by atoms with Crippen LogP contribution in [0.4, 0.5) is 17.1 Å². The summed E-state index contributed by atoms with van der Waals surface area (Å²) in [6.07, 6.45) is 1.01. The van der Waals surface area contributed by atoms with Gasteiger partial charge in [0.15, 0.2) is 0 Å². The van der Waals surface area contributed by atoms with Crippen LogP contribution in [0.1, 0.15) is 18.1 Å². The maximum atomic E-state index is 10.9. The third-order valence-electron chi connectivity index (χ3n) is 3.50. The molecule has 0 radical (unpaired) electrons. The third kappa shape index (κ3) is 3.51. The van der Waals surface area contributed by atoms with Gasteiger partial charge in [-0.05, 0) is 35.7 Å². The van der Waals surface area contributed by atoms with E-state index in [1.807, 2.05) is 13.1 Å². The van der Waals surface area contributed by atoms with Gasteiger partial charge in [0, 0.05) is 25.3 Å². The first kappa shape index (κ1) is 14.8. The zero-order valence-corrected chi connectivity index (χ0v) is 12.2. The predicted octanol–water partition coefficient (Wildman–Crippen LogP) is 3.38. The molecular formula is C16H19N3O2. The first-order valence-electron chi connectivity index (χ1n) is 6.84. The number of nitrogens with two attached hydrogens (primary N) is 1. The average Bonchev–Trinajstić information content (AvgIpc) is 2.49. The molecular weight excluding hydrogens is 266 g/mol. The number of hydrogen-bond acceptors (Lipinski definition) is 4. The van der Waals surface area contributed by atoms with Crippen LogP contribution in [0.3, 0.4) is 0 Å². The summed E-state index contributed by atoms with van der Waals surface area (Å²) in [6.45, 7) is 2.71. The molecule has 0 bridgehead atoms. The van der Waals surface area contributed by atoms with Crippen LogP contribution in [0.15, 0.2) is 42.5 Å². The van der Waals surface area contributed by atoms with Crippen molar-refractivity contribution in [1.29, 1.82) is 0 Å². The fourth-order valence-electron chi connectivity index (χ4n) is 2.20. The molecule has 0 saturated carbocycles. The molecule has 0 unspecified atom stereocenters. The maximum absolute atomic E-state index is 10.9. The smallest absolute Gasteiger partial charge is 0.292 e. The Kier molecular flexibility index (Phi) is 4.42. The predicted molar refractivity (Wildman–Crippen MR) is 85.4 cm³/mol. The Morgan fingerprint density at radius 1 is 1.14 bits per heavy atom. The largest absolute Gasteiger partial charge is 0.393 e. The monoisotopic (exact) mass is 285 g/mol. The number of nitro groups is 1. The van der Waals surface area contributed by atoms with Gasteiger partial charge in [0.1, 0.15) is 5.69 Å². The minimum absolute atomic E-state index is 0.0396. The van der Waals surface area contributed by atoms with E-state index in [1.54, 1.807) is 6.07 Å². The van der Waals surface area contributed by atoms with Crippen molar-refractivity contribution in [3.05, 3.63) is 63.7 Å². The molecule has 0 saturated heterocycles. The van der Waals surface area contributed by atoms with Crippen molar-refractivity contribution in [2.45, 2.75) is 19.9 Å². The lowest BCUT2D eigenvalue weighted by Gasteiger charge is -2.19. The zero-order chi connectivity index (χ0) is 15.4. The van der Waals surface area contributed by atoms with E-state index in [1.165, 1.54) is 11.6 Å². The second-order valence-corrected chi connectivity index (χ2v) is 5.03. The van der Waals surface area contributed by atoms with Crippen molar-refractivity contribution in [1.82, 2.24) is 0 Å². The van der Waals surface area contributed by atoms with E-state index in [-0.39, 0.29) is 11.4 Å². The van der Waals surface area contributed by atoms with Crippen LogP contribution in [-0.2, 0) is 13.0 Å². The number of rotatable bonds is 5. The summed E-state index contributed by atoms with van der Waals surface area (Å²) in [5.74, 6) is 0. The van der Waals surface area contributed by atoms with Gasteiger partial charge in [0.05, 0.1) is 4.92 Å². The molecule has 5 nitrogen and oxygen atoms in total. The van der Waals surface area contributed by atoms with Gasteiger partial charge in [-0.15, -0.1) is 0 Å². The molecule has 0 heterocycles. The first-order valence-corrected chi connectivity index (χ1v) is 6.84. The number of anilines is 2. The van der Waals surface area contributed by atoms with Gasteiger partial charge < -0.3 is 10.6 Å². The summed E-state index contributed by atoms with van der Waals surface area (Å²) >= 11 is 0. The quantitative estimate of drug-likeness (QED) is 0.519. The van der Waals surface area contributed by atoms with Crippen molar-refractivity contribution in [2.75, 3.05) is 17.7 Å². The first-order chi connectivity index (χ1) is 10.0. The number of aryl methyl sites for hydroxylation is 1. The Morgan fingerprint density at radius 2 is 1.76 bits per heavy atom. The summed E-state index contributed by atoms with van der Waals surface area (Å²) in [6, 6.07) is 13.2. The van der Waals surface area contributed by atoms with Gasteiger partial charge in [-0.25, -0.2) is 0 Å². The minimum Gasteiger partial charge on any atom is -0.393 e. The molecule has 0 aliphatic rings. The Balaban J connectivity index is 2.16. The SMILES string of the molecule is CCc1ccc(N(C)Cc2ccc(N)c([N+](=O)[O-])c2)cc1. The molecule has 2 N–H and O–H groups in total. The van der Waals surface area contributed by atoms with E-state index >= 15 is 0 Å². The van der Waals surface area contributed by atoms with Crippen LogP contribution in [0.2, 0.25) is 0 Å². The van der Waals surface area contributed by atoms with Crippen LogP contribution >= 0.6 is 0 Å². The fourth-order valence-corrected chi connectivity index (χ4v) is 2.20. The Labute approximate surface area is 124 Å². The van der Waals surface area contributed by atoms with Crippen molar-refractivity contribution >= 4 is 17.1 Å². The third-order valence-corrected chi connectivity index (χ3v) is 3.50. The molecule has 2 aromatic rings. The molecule has 0 atom stereocenters. The average molecular weight is 285 g/mol. The highest BCUT2D eigenvalue weighted by Crippen LogP contribution is 2.24. The standard InChI is InChI=1S/C16H19N3O2/c1-3-12-4-7-14(8-5-12)18(2)11-13-6-9-15(17)16(10-13)19(20)21/h4-10H,3,11,17H2,1-2H3. The number of benzene rings is 2. The lowest BCUT2D eigenvalue weighted by molar-refractivity contribution is -0.384. The molecule has 0 fully saturated rings. The molecule has 0 amide bonds. The molecule has 0 spiro atoms. The molecule has 0 aliphatic carbocycles. The van der Waals surface area contributed by atoms with Gasteiger partial charge in [-0.1, -0.05) is 25.1 Å². The minimum atomic E-state index is -0.450. The number of nitro benzene ring substituents is 1. The summed E-state index contributed by atoms with van der Waals surface area (Å²) in [4.78, 5) is 12.5. The zero-order valence-electron chi connectivity index (χ0n) is 12.2. The lowest BCUT2D eigenvalue weighted by atomic mass is 10.1. The highest BCUT2D eigenvalue weighted by atomic mass is 16.6. The van der Waals surface area contributed by atoms with Gasteiger partial charge in [-0.3, -0.25) is 10.1 Å². The van der Waals surface area contributed by atoms with E-state index in [2.05, 4.69) is 36.1 Å². The van der Waals surface area contributed by atoms with Gasteiger partial charge >= 0.3 is 0 Å². The Hall–Kier alpha value is -2.56. The Bertz CT molecular complexity index is 638. The topological polar surface area (TPSA) is 72.4 Å². The van der Waals surface area contributed by atoms with Crippen molar-refractivity contribution in [3.8, 4) is 0 Å². The summed E-state index contributed by atoms with van der Waals surface area (Å²) < 4.78 is 0. The van der Waals surface area contributed by atoms with E-state index < -0.39 is 4.92 Å². The molecule has 0 aromatic heterocycles. The summed E-state index contributed by atoms with van der Waals surface area (Å²) in [7, 11) is 1.96. The van der Waals surface area contributed by atoms with Gasteiger partial charge in [0.2, 0.25) is 0 Å². The summed E-state index contributed by atoms with van der Waals surface area (Å²) in [5.41, 5.74) is 8.98. The fraction of sp³-hybridized carbons (Fsp3) is 0.250. The molecule has 0 aliphatic heterocycles. The summed E-state index contributed by atoms with van der Waals surface area (Å²) in [5, 5.41) is 10.9. The molecule has 5 heteroatoms. The van der Waals surface area contributed by atoms with Crippen molar-refractivity contribution in [2.24, 2.45) is 0 Å². The number of nitrogen functional groups attached to an aromatic ring is 1. The normalized spacial score (nSPS) is 10.4. The molecule has 2 aromatic carbocycles. The maximum Gasteiger partial charge on any atom is 0.292 e. The molecule has 21 heavy (non-hydrogen) atoms. The van der Waals surface area contributed by atoms with E-state index in [4.69, 9.17) is 5.73 Å². The van der Waals surface area contributed by atoms with Crippen molar-refractivity contribution in [3.63, 3.8) is 0 Å². The second kappa shape index (κ2) is 6.26. The van der Waals surface area contributed by atoms with Gasteiger partial charge in [-0.2, -0.15) is 0 Å². The Morgan fingerprint density at radius 3 is 2.33 bits per heavy atom. The van der Waals surface area contributed by atoms with Crippen LogP contribution < -0.4 is 10.6 Å². The molecule has 2 rings (SSSR count). The lowest BCUT2D eigenvalue weighted by Crippen LogP contribution is -2.16. The molecule has 110 valence electrons. The van der Waals surface area contributed by atoms with Crippen molar-refractivity contribution < 1.29 is 4.92 Å². The van der Waals surface area contributed by atoms with Crippen LogP contribution in [0.25, 0.3) is 0 Å². The van der Waals surface area contributed by atoms with E-state index in [0.29, 0.717) is 6.54 Å². The number of nitrogens with zero attached hydrogens (tertiary/aromatic N) is 2. The highest BCUT2D eigenvalue weighted by Gasteiger charge is 2.12. The second-order valence-electron chi connectivity index (χ2n) is 5.03. The van der Waals surface area contributed by atoms with E-state index in [0.717, 1.165) is 17.7 Å². The van der Waals surface area contributed by atoms with E-state index in [9.17, 15) is 10.1 Å². The van der Waals surface area contributed by atoms with Crippen LogP contribution in [0, 0.1) is 10.1 Å². The van der Waals surface area contributed by atoms with Crippen LogP contribution in [0.5, 0.6) is 0 Å². The van der Waals surface area contributed by atoms with Crippen LogP contribution in [-0.4, -0.2) is 12.0 Å².